The van der Waals surface area contributed by atoms with Gasteiger partial charge in [0.15, 0.2) is 0 Å². The number of rotatable bonds is 3. The molecule has 1 N–H and O–H groups in total. The van der Waals surface area contributed by atoms with Crippen LogP contribution in [0.1, 0.15) is 64.7 Å². The second kappa shape index (κ2) is 6.05. The van der Waals surface area contributed by atoms with Crippen LogP contribution in [0.4, 0.5) is 0 Å². The van der Waals surface area contributed by atoms with E-state index in [9.17, 15) is 0 Å². The molecule has 94 valence electrons. The summed E-state index contributed by atoms with van der Waals surface area (Å²) in [6.07, 6.45) is 13.4. The third-order valence-corrected chi connectivity index (χ3v) is 5.32. The maximum atomic E-state index is 3.44. The van der Waals surface area contributed by atoms with Crippen LogP contribution < -0.4 is 5.32 Å². The van der Waals surface area contributed by atoms with Gasteiger partial charge in [-0.25, -0.2) is 0 Å². The van der Waals surface area contributed by atoms with Crippen LogP contribution in [-0.4, -0.2) is 13.1 Å². The van der Waals surface area contributed by atoms with Crippen molar-refractivity contribution in [2.24, 2.45) is 17.8 Å². The molecule has 0 aliphatic heterocycles. The molecule has 1 heteroatoms. The summed E-state index contributed by atoms with van der Waals surface area (Å²) in [5.41, 5.74) is 0. The van der Waals surface area contributed by atoms with Gasteiger partial charge in [-0.3, -0.25) is 0 Å². The van der Waals surface area contributed by atoms with Gasteiger partial charge in [-0.2, -0.15) is 0 Å². The Labute approximate surface area is 101 Å². The second-order valence-electron chi connectivity index (χ2n) is 6.09. The first-order valence-corrected chi connectivity index (χ1v) is 7.50. The largest absolute Gasteiger partial charge is 0.317 e. The van der Waals surface area contributed by atoms with Crippen molar-refractivity contribution >= 4 is 0 Å². The molecule has 0 radical (unpaired) electrons. The molecular formula is C15H29N. The lowest BCUT2D eigenvalue weighted by atomic mass is 9.70. The highest BCUT2D eigenvalue weighted by atomic mass is 14.9. The highest BCUT2D eigenvalue weighted by Crippen LogP contribution is 2.40. The fourth-order valence-electron chi connectivity index (χ4n) is 3.95. The Morgan fingerprint density at radius 1 is 0.812 bits per heavy atom. The van der Waals surface area contributed by atoms with Crippen molar-refractivity contribution < 1.29 is 0 Å². The van der Waals surface area contributed by atoms with Crippen molar-refractivity contribution in [3.63, 3.8) is 0 Å². The van der Waals surface area contributed by atoms with Crippen LogP contribution in [0.3, 0.4) is 0 Å². The van der Waals surface area contributed by atoms with Gasteiger partial charge in [0.05, 0.1) is 0 Å². The Morgan fingerprint density at radius 2 is 1.31 bits per heavy atom. The van der Waals surface area contributed by atoms with E-state index in [1.54, 1.807) is 0 Å². The van der Waals surface area contributed by atoms with Crippen LogP contribution in [-0.2, 0) is 0 Å². The summed E-state index contributed by atoms with van der Waals surface area (Å²) < 4.78 is 0. The quantitative estimate of drug-likeness (QED) is 0.763. The molecule has 16 heavy (non-hydrogen) atoms. The number of hydrogen-bond donors (Lipinski definition) is 1. The van der Waals surface area contributed by atoms with Crippen molar-refractivity contribution in [2.45, 2.75) is 70.8 Å². The molecule has 0 aromatic carbocycles. The topological polar surface area (TPSA) is 12.0 Å². The van der Waals surface area contributed by atoms with Crippen molar-refractivity contribution in [2.75, 3.05) is 7.05 Å². The second-order valence-corrected chi connectivity index (χ2v) is 6.09. The molecule has 2 aliphatic rings. The highest BCUT2D eigenvalue weighted by molar-refractivity contribution is 4.83. The number of hydrogen-bond acceptors (Lipinski definition) is 1. The smallest absolute Gasteiger partial charge is 0.00642 e. The average molecular weight is 223 g/mol. The monoisotopic (exact) mass is 223 g/mol. The van der Waals surface area contributed by atoms with Gasteiger partial charge in [0.2, 0.25) is 0 Å². The van der Waals surface area contributed by atoms with E-state index in [-0.39, 0.29) is 0 Å². The fraction of sp³-hybridized carbons (Fsp3) is 1.00. The first-order valence-electron chi connectivity index (χ1n) is 7.50. The third-order valence-electron chi connectivity index (χ3n) is 5.32. The summed E-state index contributed by atoms with van der Waals surface area (Å²) in [5, 5.41) is 3.44. The van der Waals surface area contributed by atoms with E-state index in [0.717, 1.165) is 23.8 Å². The molecule has 1 nitrogen and oxygen atoms in total. The fourth-order valence-corrected chi connectivity index (χ4v) is 3.95. The van der Waals surface area contributed by atoms with Gasteiger partial charge in [-0.05, 0) is 63.3 Å². The van der Waals surface area contributed by atoms with Crippen LogP contribution in [0, 0.1) is 17.8 Å². The Morgan fingerprint density at radius 3 is 1.75 bits per heavy atom. The maximum absolute atomic E-state index is 3.44. The molecule has 2 fully saturated rings. The summed E-state index contributed by atoms with van der Waals surface area (Å²) in [6.45, 7) is 2.36. The van der Waals surface area contributed by atoms with E-state index in [1.165, 1.54) is 57.8 Å². The SMILES string of the molecule is CCC1CCC(C2CCC(NC)CC2)CC1. The average Bonchev–Trinajstić information content (AvgIpc) is 2.39. The molecule has 2 saturated carbocycles. The van der Waals surface area contributed by atoms with Crippen LogP contribution in [0.5, 0.6) is 0 Å². The van der Waals surface area contributed by atoms with Crippen LogP contribution >= 0.6 is 0 Å². The maximum Gasteiger partial charge on any atom is 0.00642 e. The molecule has 0 atom stereocenters. The Kier molecular flexibility index (Phi) is 4.69. The molecule has 2 aliphatic carbocycles. The van der Waals surface area contributed by atoms with Crippen molar-refractivity contribution in [3.8, 4) is 0 Å². The minimum absolute atomic E-state index is 0.822. The summed E-state index contributed by atoms with van der Waals surface area (Å²) in [4.78, 5) is 0. The van der Waals surface area contributed by atoms with Crippen LogP contribution in [0.15, 0.2) is 0 Å². The van der Waals surface area contributed by atoms with Gasteiger partial charge < -0.3 is 5.32 Å². The van der Waals surface area contributed by atoms with E-state index in [1.807, 2.05) is 0 Å². The van der Waals surface area contributed by atoms with Gasteiger partial charge >= 0.3 is 0 Å². The zero-order valence-electron chi connectivity index (χ0n) is 11.2. The van der Waals surface area contributed by atoms with E-state index in [2.05, 4.69) is 19.3 Å². The Bertz CT molecular complexity index is 164. The Balaban J connectivity index is 1.73. The normalized spacial score (nSPS) is 40.9. The van der Waals surface area contributed by atoms with E-state index >= 15 is 0 Å². The van der Waals surface area contributed by atoms with E-state index in [0.29, 0.717) is 0 Å². The summed E-state index contributed by atoms with van der Waals surface area (Å²) >= 11 is 0. The van der Waals surface area contributed by atoms with Gasteiger partial charge in [-0.1, -0.05) is 26.2 Å². The predicted molar refractivity (Wildman–Crippen MR) is 70.5 cm³/mol. The van der Waals surface area contributed by atoms with Gasteiger partial charge in [0.25, 0.3) is 0 Å². The summed E-state index contributed by atoms with van der Waals surface area (Å²) in [7, 11) is 2.12. The van der Waals surface area contributed by atoms with Gasteiger partial charge in [-0.15, -0.1) is 0 Å². The lowest BCUT2D eigenvalue weighted by Gasteiger charge is -2.37. The molecular weight excluding hydrogens is 194 g/mol. The lowest BCUT2D eigenvalue weighted by molar-refractivity contribution is 0.154. The van der Waals surface area contributed by atoms with E-state index < -0.39 is 0 Å². The molecule has 0 aromatic rings. The Hall–Kier alpha value is -0.0400. The minimum Gasteiger partial charge on any atom is -0.317 e. The molecule has 0 amide bonds. The van der Waals surface area contributed by atoms with Crippen LogP contribution in [0.25, 0.3) is 0 Å². The van der Waals surface area contributed by atoms with Crippen LogP contribution in [0.2, 0.25) is 0 Å². The first kappa shape index (κ1) is 12.4. The molecule has 0 saturated heterocycles. The molecule has 0 bridgehead atoms. The molecule has 0 unspecified atom stereocenters. The zero-order chi connectivity index (χ0) is 11.4. The van der Waals surface area contributed by atoms with Gasteiger partial charge in [0.1, 0.15) is 0 Å². The van der Waals surface area contributed by atoms with Crippen molar-refractivity contribution in [1.29, 1.82) is 0 Å². The number of nitrogens with one attached hydrogen (secondary N) is 1. The highest BCUT2D eigenvalue weighted by Gasteiger charge is 2.29. The summed E-state index contributed by atoms with van der Waals surface area (Å²) in [6, 6.07) is 0.822. The predicted octanol–water partition coefficient (Wildman–Crippen LogP) is 3.98. The molecule has 0 spiro atoms. The molecule has 0 heterocycles. The first-order chi connectivity index (χ1) is 7.83. The lowest BCUT2D eigenvalue weighted by Crippen LogP contribution is -2.33. The minimum atomic E-state index is 0.822. The van der Waals surface area contributed by atoms with Crippen molar-refractivity contribution in [3.05, 3.63) is 0 Å². The van der Waals surface area contributed by atoms with Crippen molar-refractivity contribution in [1.82, 2.24) is 5.32 Å². The molecule has 2 rings (SSSR count). The third kappa shape index (κ3) is 3.00. The molecule has 0 aromatic heterocycles. The standard InChI is InChI=1S/C15H29N/c1-3-12-4-6-13(7-5-12)14-8-10-15(16-2)11-9-14/h12-16H,3-11H2,1-2H3. The summed E-state index contributed by atoms with van der Waals surface area (Å²) in [5.74, 6) is 3.22. The van der Waals surface area contributed by atoms with E-state index in [4.69, 9.17) is 0 Å². The zero-order valence-corrected chi connectivity index (χ0v) is 11.2. The van der Waals surface area contributed by atoms with Gasteiger partial charge in [0, 0.05) is 6.04 Å².